The zero-order valence-electron chi connectivity index (χ0n) is 4.11. The van der Waals surface area contributed by atoms with Gasteiger partial charge in [-0.2, -0.15) is 0 Å². The Bertz CT molecular complexity index is 180. The number of nitrogens with zero attached hydrogens (tertiary/aromatic N) is 1. The van der Waals surface area contributed by atoms with Crippen LogP contribution in [0.15, 0.2) is 24.5 Å². The lowest BCUT2D eigenvalue weighted by Gasteiger charge is -1.87. The Balaban J connectivity index is 2.93. The Hall–Kier alpha value is -0.700. The highest BCUT2D eigenvalue weighted by Gasteiger charge is 1.90. The van der Waals surface area contributed by atoms with Crippen LogP contribution >= 0.6 is 12.6 Å². The smallest absolute Gasteiger partial charge is 0.286 e. The van der Waals surface area contributed by atoms with Crippen LogP contribution in [0.1, 0.15) is 0 Å². The summed E-state index contributed by atoms with van der Waals surface area (Å²) in [5, 5.41) is -0.255. The van der Waals surface area contributed by atoms with Gasteiger partial charge >= 0.3 is 0 Å². The van der Waals surface area contributed by atoms with Crippen molar-refractivity contribution in [2.75, 3.05) is 0 Å². The Morgan fingerprint density at radius 3 is 2.12 bits per heavy atom. The molecule has 0 aromatic carbocycles. The van der Waals surface area contributed by atoms with E-state index in [9.17, 15) is 4.79 Å². The van der Waals surface area contributed by atoms with Gasteiger partial charge in [-0.1, -0.05) is 12.6 Å². The summed E-state index contributed by atoms with van der Waals surface area (Å²) in [6.45, 7) is 0. The summed E-state index contributed by atoms with van der Waals surface area (Å²) in [5.74, 6) is 0. The summed E-state index contributed by atoms with van der Waals surface area (Å²) in [4.78, 5) is 10.3. The summed E-state index contributed by atoms with van der Waals surface area (Å²) in [6, 6.07) is 3.54. The standard InChI is InChI=1S/C5H5NOS/c7-5(8)6-3-1-2-4-6/h1-4H,(H,7,8). The van der Waals surface area contributed by atoms with Gasteiger partial charge in [0.15, 0.2) is 0 Å². The molecule has 42 valence electrons. The average molecular weight is 127 g/mol. The highest BCUT2D eigenvalue weighted by molar-refractivity contribution is 7.96. The molecule has 1 aromatic heterocycles. The number of rotatable bonds is 0. The van der Waals surface area contributed by atoms with Crippen LogP contribution in [0, 0.1) is 0 Å². The fourth-order valence-electron chi connectivity index (χ4n) is 0.462. The van der Waals surface area contributed by atoms with Crippen molar-refractivity contribution in [1.82, 2.24) is 4.57 Å². The number of thiol groups is 1. The quantitative estimate of drug-likeness (QED) is 0.522. The minimum absolute atomic E-state index is 0.255. The van der Waals surface area contributed by atoms with E-state index in [1.165, 1.54) is 4.57 Å². The molecule has 0 aliphatic rings. The van der Waals surface area contributed by atoms with E-state index in [2.05, 4.69) is 12.6 Å². The third-order valence-electron chi connectivity index (χ3n) is 0.825. The van der Waals surface area contributed by atoms with Gasteiger partial charge in [0.05, 0.1) is 0 Å². The zero-order valence-corrected chi connectivity index (χ0v) is 5.01. The summed E-state index contributed by atoms with van der Waals surface area (Å²) in [5.41, 5.74) is 0. The highest BCUT2D eigenvalue weighted by atomic mass is 32.1. The first kappa shape index (κ1) is 5.44. The lowest BCUT2D eigenvalue weighted by atomic mass is 10.7. The summed E-state index contributed by atoms with van der Waals surface area (Å²) in [6.07, 6.45) is 3.30. The van der Waals surface area contributed by atoms with E-state index in [0.29, 0.717) is 0 Å². The fraction of sp³-hybridized carbons (Fsp3) is 0. The molecule has 0 atom stereocenters. The molecule has 0 N–H and O–H groups in total. The van der Waals surface area contributed by atoms with Crippen molar-refractivity contribution in [2.45, 2.75) is 0 Å². The van der Waals surface area contributed by atoms with Crippen LogP contribution in [0.4, 0.5) is 4.79 Å². The molecule has 0 spiro atoms. The molecule has 1 aromatic rings. The van der Waals surface area contributed by atoms with Crippen molar-refractivity contribution in [3.8, 4) is 0 Å². The molecule has 1 rings (SSSR count). The van der Waals surface area contributed by atoms with E-state index >= 15 is 0 Å². The van der Waals surface area contributed by atoms with Gasteiger partial charge in [0.1, 0.15) is 0 Å². The normalized spacial score (nSPS) is 9.12. The molecule has 0 unspecified atom stereocenters. The summed E-state index contributed by atoms with van der Waals surface area (Å²) < 4.78 is 1.39. The molecule has 8 heavy (non-hydrogen) atoms. The molecule has 1 heterocycles. The number of hydrogen-bond donors (Lipinski definition) is 1. The van der Waals surface area contributed by atoms with Gasteiger partial charge in [-0.3, -0.25) is 9.36 Å². The predicted octanol–water partition coefficient (Wildman–Crippen LogP) is 1.39. The first-order chi connectivity index (χ1) is 3.80. The Morgan fingerprint density at radius 1 is 1.38 bits per heavy atom. The summed E-state index contributed by atoms with van der Waals surface area (Å²) in [7, 11) is 0. The van der Waals surface area contributed by atoms with Crippen LogP contribution in [-0.2, 0) is 0 Å². The maximum atomic E-state index is 10.3. The minimum atomic E-state index is -0.255. The van der Waals surface area contributed by atoms with E-state index in [1.807, 2.05) is 0 Å². The van der Waals surface area contributed by atoms with Gasteiger partial charge in [-0.05, 0) is 12.1 Å². The first-order valence-corrected chi connectivity index (χ1v) is 2.61. The molecule has 0 fully saturated rings. The minimum Gasteiger partial charge on any atom is -0.286 e. The second-order valence-electron chi connectivity index (χ2n) is 1.37. The lowest BCUT2D eigenvalue weighted by molar-refractivity contribution is 0.262. The van der Waals surface area contributed by atoms with Crippen LogP contribution in [0.3, 0.4) is 0 Å². The van der Waals surface area contributed by atoms with Gasteiger partial charge in [0, 0.05) is 12.4 Å². The van der Waals surface area contributed by atoms with Gasteiger partial charge < -0.3 is 0 Å². The van der Waals surface area contributed by atoms with Crippen molar-refractivity contribution in [1.29, 1.82) is 0 Å². The molecule has 0 radical (unpaired) electrons. The average Bonchev–Trinajstić information content (AvgIpc) is 2.12. The predicted molar refractivity (Wildman–Crippen MR) is 34.2 cm³/mol. The molecule has 3 heteroatoms. The van der Waals surface area contributed by atoms with Crippen molar-refractivity contribution >= 4 is 17.9 Å². The molecular formula is C5H5NOS. The topological polar surface area (TPSA) is 22.0 Å². The van der Waals surface area contributed by atoms with E-state index in [0.717, 1.165) is 0 Å². The third kappa shape index (κ3) is 0.924. The van der Waals surface area contributed by atoms with Crippen LogP contribution in [0.25, 0.3) is 0 Å². The van der Waals surface area contributed by atoms with E-state index in [4.69, 9.17) is 0 Å². The first-order valence-electron chi connectivity index (χ1n) is 2.17. The van der Waals surface area contributed by atoms with Crippen molar-refractivity contribution in [3.05, 3.63) is 24.5 Å². The van der Waals surface area contributed by atoms with Crippen LogP contribution in [0.2, 0.25) is 0 Å². The Labute approximate surface area is 52.5 Å². The Kier molecular flexibility index (Phi) is 1.39. The highest BCUT2D eigenvalue weighted by Crippen LogP contribution is 1.92. The molecule has 0 bridgehead atoms. The Morgan fingerprint density at radius 2 is 1.88 bits per heavy atom. The van der Waals surface area contributed by atoms with E-state index in [-0.39, 0.29) is 5.24 Å². The number of hydrogen-bond acceptors (Lipinski definition) is 1. The fourth-order valence-corrected chi connectivity index (χ4v) is 0.595. The van der Waals surface area contributed by atoms with Gasteiger partial charge in [-0.15, -0.1) is 0 Å². The molecule has 0 amide bonds. The monoisotopic (exact) mass is 127 g/mol. The van der Waals surface area contributed by atoms with E-state index in [1.54, 1.807) is 24.5 Å². The lowest BCUT2D eigenvalue weighted by Crippen LogP contribution is -1.95. The van der Waals surface area contributed by atoms with Crippen molar-refractivity contribution in [3.63, 3.8) is 0 Å². The number of aromatic nitrogens is 1. The SMILES string of the molecule is O=C(S)n1cccc1. The van der Waals surface area contributed by atoms with Gasteiger partial charge in [-0.25, -0.2) is 0 Å². The molecular weight excluding hydrogens is 122 g/mol. The molecule has 2 nitrogen and oxygen atoms in total. The number of carbonyl (C=O) groups is 1. The van der Waals surface area contributed by atoms with Crippen molar-refractivity contribution < 1.29 is 4.79 Å². The third-order valence-corrected chi connectivity index (χ3v) is 1.06. The maximum Gasteiger partial charge on any atom is 0.286 e. The molecule has 0 aliphatic carbocycles. The molecule has 0 saturated heterocycles. The van der Waals surface area contributed by atoms with Gasteiger partial charge in [0.25, 0.3) is 5.24 Å². The largest absolute Gasteiger partial charge is 0.286 e. The molecule has 0 saturated carbocycles. The second-order valence-corrected chi connectivity index (χ2v) is 1.76. The van der Waals surface area contributed by atoms with E-state index < -0.39 is 0 Å². The molecule has 0 aliphatic heterocycles. The van der Waals surface area contributed by atoms with Crippen LogP contribution in [0.5, 0.6) is 0 Å². The zero-order chi connectivity index (χ0) is 5.98. The second kappa shape index (κ2) is 2.05. The van der Waals surface area contributed by atoms with Gasteiger partial charge in [0.2, 0.25) is 0 Å². The number of carbonyl (C=O) groups excluding carboxylic acids is 1. The van der Waals surface area contributed by atoms with Crippen molar-refractivity contribution in [2.24, 2.45) is 0 Å². The van der Waals surface area contributed by atoms with Crippen LogP contribution in [-0.4, -0.2) is 9.81 Å². The van der Waals surface area contributed by atoms with Crippen LogP contribution < -0.4 is 0 Å². The maximum absolute atomic E-state index is 10.3. The summed E-state index contributed by atoms with van der Waals surface area (Å²) >= 11 is 3.58.